The van der Waals surface area contributed by atoms with E-state index in [1.165, 1.54) is 17.4 Å². The van der Waals surface area contributed by atoms with Crippen molar-refractivity contribution in [2.24, 2.45) is 0 Å². The van der Waals surface area contributed by atoms with Gasteiger partial charge in [0.05, 0.1) is 22.1 Å². The maximum Gasteiger partial charge on any atom is 0.165 e. The molecule has 102 valence electrons. The van der Waals surface area contributed by atoms with Crippen molar-refractivity contribution >= 4 is 11.3 Å². The van der Waals surface area contributed by atoms with Crippen molar-refractivity contribution < 1.29 is 14.2 Å². The number of halogens is 1. The number of hydrogen-bond donors (Lipinski definition) is 1. The van der Waals surface area contributed by atoms with Crippen LogP contribution in [0.25, 0.3) is 0 Å². The molecule has 1 N–H and O–H groups in total. The highest BCUT2D eigenvalue weighted by Gasteiger charge is 2.19. The Bertz CT molecular complexity index is 548. The van der Waals surface area contributed by atoms with Crippen molar-refractivity contribution in [2.45, 2.75) is 25.9 Å². The molecule has 1 aromatic carbocycles. The van der Waals surface area contributed by atoms with E-state index in [4.69, 9.17) is 4.74 Å². The number of para-hydroxylation sites is 1. The largest absolute Gasteiger partial charge is 0.490 e. The summed E-state index contributed by atoms with van der Waals surface area (Å²) in [6, 6.07) is 6.32. The number of ether oxygens (including phenoxy) is 1. The molecular formula is C14H16FNO2S. The van der Waals surface area contributed by atoms with Gasteiger partial charge < -0.3 is 9.84 Å². The highest BCUT2D eigenvalue weighted by molar-refractivity contribution is 7.11. The van der Waals surface area contributed by atoms with E-state index in [0.717, 1.165) is 9.88 Å². The summed E-state index contributed by atoms with van der Waals surface area (Å²) in [5.74, 6) is -0.111. The van der Waals surface area contributed by atoms with E-state index in [1.807, 2.05) is 0 Å². The maximum absolute atomic E-state index is 13.3. The molecule has 0 saturated heterocycles. The zero-order valence-corrected chi connectivity index (χ0v) is 11.7. The Hall–Kier alpha value is -1.46. The van der Waals surface area contributed by atoms with Crippen LogP contribution in [0.15, 0.2) is 30.5 Å². The number of hydrogen-bond acceptors (Lipinski definition) is 4. The Kier molecular flexibility index (Phi) is 4.17. The van der Waals surface area contributed by atoms with Crippen LogP contribution in [0.1, 0.15) is 23.7 Å². The Labute approximate surface area is 115 Å². The van der Waals surface area contributed by atoms with Gasteiger partial charge in [-0.3, -0.25) is 0 Å². The lowest BCUT2D eigenvalue weighted by molar-refractivity contribution is 0.0823. The molecular weight excluding hydrogens is 265 g/mol. The molecule has 0 bridgehead atoms. The highest BCUT2D eigenvalue weighted by atomic mass is 32.1. The molecule has 0 atom stereocenters. The van der Waals surface area contributed by atoms with Crippen LogP contribution in [0.3, 0.4) is 0 Å². The average molecular weight is 281 g/mol. The normalized spacial score (nSPS) is 11.6. The molecule has 2 aromatic rings. The molecule has 0 unspecified atom stereocenters. The second-order valence-electron chi connectivity index (χ2n) is 4.71. The van der Waals surface area contributed by atoms with Crippen molar-refractivity contribution in [3.63, 3.8) is 0 Å². The van der Waals surface area contributed by atoms with Crippen LogP contribution >= 0.6 is 11.3 Å². The predicted octanol–water partition coefficient (Wildman–Crippen LogP) is 3.13. The van der Waals surface area contributed by atoms with E-state index in [0.29, 0.717) is 13.0 Å². The average Bonchev–Trinajstić information content (AvgIpc) is 2.80. The molecule has 1 aromatic heterocycles. The topological polar surface area (TPSA) is 42.4 Å². The van der Waals surface area contributed by atoms with E-state index >= 15 is 0 Å². The lowest BCUT2D eigenvalue weighted by atomic mass is 10.1. The summed E-state index contributed by atoms with van der Waals surface area (Å²) in [6.45, 7) is 3.81. The molecule has 0 aliphatic carbocycles. The Morgan fingerprint density at radius 3 is 2.74 bits per heavy atom. The number of rotatable bonds is 5. The van der Waals surface area contributed by atoms with Gasteiger partial charge in [0.1, 0.15) is 0 Å². The summed E-state index contributed by atoms with van der Waals surface area (Å²) >= 11 is 1.44. The first kappa shape index (κ1) is 14.0. The minimum Gasteiger partial charge on any atom is -0.490 e. The standard InChI is InChI=1S/C14H16FNO2S/c1-14(2,17)12-9-16-13(19-12)7-8-18-11-6-4-3-5-10(11)15/h3-6,9,17H,7-8H2,1-2H3. The third kappa shape index (κ3) is 3.75. The van der Waals surface area contributed by atoms with Crippen LogP contribution in [0.5, 0.6) is 5.75 Å². The third-order valence-corrected chi connectivity index (χ3v) is 3.94. The molecule has 0 radical (unpaired) electrons. The molecule has 5 heteroatoms. The minimum atomic E-state index is -0.873. The summed E-state index contributed by atoms with van der Waals surface area (Å²) in [5, 5.41) is 10.7. The van der Waals surface area contributed by atoms with Gasteiger partial charge in [-0.2, -0.15) is 0 Å². The fourth-order valence-corrected chi connectivity index (χ4v) is 2.42. The van der Waals surface area contributed by atoms with Crippen LogP contribution in [-0.2, 0) is 12.0 Å². The summed E-state index contributed by atoms with van der Waals surface area (Å²) in [6.07, 6.45) is 2.26. The smallest absolute Gasteiger partial charge is 0.165 e. The first-order valence-corrected chi connectivity index (χ1v) is 6.83. The van der Waals surface area contributed by atoms with Gasteiger partial charge in [0.25, 0.3) is 0 Å². The number of aliphatic hydroxyl groups is 1. The number of thiazole rings is 1. The van der Waals surface area contributed by atoms with Crippen LogP contribution in [0.2, 0.25) is 0 Å². The van der Waals surface area contributed by atoms with Gasteiger partial charge in [0.2, 0.25) is 0 Å². The van der Waals surface area contributed by atoms with Gasteiger partial charge in [-0.05, 0) is 26.0 Å². The summed E-state index contributed by atoms with van der Waals surface area (Å²) in [4.78, 5) is 5.03. The van der Waals surface area contributed by atoms with Gasteiger partial charge in [0, 0.05) is 12.6 Å². The maximum atomic E-state index is 13.3. The van der Waals surface area contributed by atoms with E-state index in [-0.39, 0.29) is 11.6 Å². The fraction of sp³-hybridized carbons (Fsp3) is 0.357. The first-order chi connectivity index (χ1) is 8.97. The van der Waals surface area contributed by atoms with Crippen LogP contribution in [0.4, 0.5) is 4.39 Å². The van der Waals surface area contributed by atoms with Crippen molar-refractivity contribution in [3.8, 4) is 5.75 Å². The summed E-state index contributed by atoms with van der Waals surface area (Å²) in [7, 11) is 0. The molecule has 19 heavy (non-hydrogen) atoms. The monoisotopic (exact) mass is 281 g/mol. The first-order valence-electron chi connectivity index (χ1n) is 6.02. The molecule has 1 heterocycles. The predicted molar refractivity (Wildman–Crippen MR) is 73.0 cm³/mol. The fourth-order valence-electron chi connectivity index (χ4n) is 1.52. The van der Waals surface area contributed by atoms with Crippen molar-refractivity contribution in [1.29, 1.82) is 0 Å². The molecule has 0 saturated carbocycles. The second-order valence-corrected chi connectivity index (χ2v) is 5.82. The second kappa shape index (κ2) is 5.67. The van der Waals surface area contributed by atoms with Gasteiger partial charge in [0.15, 0.2) is 11.6 Å². The molecule has 0 fully saturated rings. The molecule has 3 nitrogen and oxygen atoms in total. The number of nitrogens with zero attached hydrogens (tertiary/aromatic N) is 1. The third-order valence-electron chi connectivity index (χ3n) is 2.57. The Morgan fingerprint density at radius 2 is 2.11 bits per heavy atom. The van der Waals surface area contributed by atoms with Crippen LogP contribution < -0.4 is 4.74 Å². The van der Waals surface area contributed by atoms with Crippen molar-refractivity contribution in [3.05, 3.63) is 46.2 Å². The van der Waals surface area contributed by atoms with E-state index < -0.39 is 5.60 Å². The van der Waals surface area contributed by atoms with E-state index in [2.05, 4.69) is 4.98 Å². The highest BCUT2D eigenvalue weighted by Crippen LogP contribution is 2.26. The van der Waals surface area contributed by atoms with Gasteiger partial charge in [-0.15, -0.1) is 11.3 Å². The lowest BCUT2D eigenvalue weighted by Crippen LogP contribution is -2.12. The van der Waals surface area contributed by atoms with E-state index in [9.17, 15) is 9.50 Å². The van der Waals surface area contributed by atoms with Crippen molar-refractivity contribution in [1.82, 2.24) is 4.98 Å². The number of aromatic nitrogens is 1. The molecule has 0 aliphatic heterocycles. The summed E-state index contributed by atoms with van der Waals surface area (Å²) in [5.41, 5.74) is -0.873. The quantitative estimate of drug-likeness (QED) is 0.915. The SMILES string of the molecule is CC(C)(O)c1cnc(CCOc2ccccc2F)s1. The minimum absolute atomic E-state index is 0.252. The molecule has 0 amide bonds. The Morgan fingerprint density at radius 1 is 1.37 bits per heavy atom. The summed E-state index contributed by atoms with van der Waals surface area (Å²) < 4.78 is 18.7. The van der Waals surface area contributed by atoms with Crippen LogP contribution in [-0.4, -0.2) is 16.7 Å². The van der Waals surface area contributed by atoms with Crippen molar-refractivity contribution in [2.75, 3.05) is 6.61 Å². The van der Waals surface area contributed by atoms with Gasteiger partial charge in [-0.1, -0.05) is 12.1 Å². The van der Waals surface area contributed by atoms with Crippen LogP contribution in [0, 0.1) is 5.82 Å². The zero-order valence-electron chi connectivity index (χ0n) is 10.9. The molecule has 2 rings (SSSR count). The van der Waals surface area contributed by atoms with Gasteiger partial charge in [-0.25, -0.2) is 9.37 Å². The number of benzene rings is 1. The lowest BCUT2D eigenvalue weighted by Gasteiger charge is -2.13. The van der Waals surface area contributed by atoms with E-state index in [1.54, 1.807) is 38.2 Å². The molecule has 0 aliphatic rings. The zero-order chi connectivity index (χ0) is 13.9. The molecule has 0 spiro atoms. The van der Waals surface area contributed by atoms with Gasteiger partial charge >= 0.3 is 0 Å². The Balaban J connectivity index is 1.90.